The molecule has 0 amide bonds. The summed E-state index contributed by atoms with van der Waals surface area (Å²) in [5.41, 5.74) is -7.31. The number of alkyl halides is 6. The molecule has 2 bridgehead atoms. The zero-order valence-corrected chi connectivity index (χ0v) is 16.0. The minimum absolute atomic E-state index is 0.150. The number of methoxy groups -OCH3 is 1. The Labute approximate surface area is 163 Å². The maximum atomic E-state index is 13.2. The summed E-state index contributed by atoms with van der Waals surface area (Å²) in [6.07, 6.45) is -3.02. The van der Waals surface area contributed by atoms with Crippen molar-refractivity contribution in [3.63, 3.8) is 0 Å². The van der Waals surface area contributed by atoms with E-state index in [-0.39, 0.29) is 21.2 Å². The summed E-state index contributed by atoms with van der Waals surface area (Å²) in [6.45, 7) is -1.28. The van der Waals surface area contributed by atoms with Crippen molar-refractivity contribution in [1.29, 1.82) is 0 Å². The molecule has 3 fully saturated rings. The van der Waals surface area contributed by atoms with Crippen LogP contribution in [0.15, 0.2) is 18.2 Å². The van der Waals surface area contributed by atoms with Crippen molar-refractivity contribution >= 4 is 15.7 Å². The third-order valence-electron chi connectivity index (χ3n) is 6.32. The van der Waals surface area contributed by atoms with Gasteiger partial charge in [0, 0.05) is 31.9 Å². The van der Waals surface area contributed by atoms with Crippen molar-refractivity contribution in [1.82, 2.24) is 4.31 Å². The number of hydrogen-bond acceptors (Lipinski definition) is 4. The summed E-state index contributed by atoms with van der Waals surface area (Å²) in [5, 5.41) is 3.02. The fraction of sp³-hybridized carbons (Fsp3) is 0.647. The number of rotatable bonds is 3. The highest BCUT2D eigenvalue weighted by Gasteiger charge is 2.72. The third kappa shape index (κ3) is 3.10. The van der Waals surface area contributed by atoms with Crippen LogP contribution >= 0.6 is 0 Å². The molecule has 3 saturated carbocycles. The lowest BCUT2D eigenvalue weighted by Gasteiger charge is -2.72. The second kappa shape index (κ2) is 6.01. The minimum atomic E-state index is -5.71. The van der Waals surface area contributed by atoms with Crippen molar-refractivity contribution in [3.8, 4) is 0 Å². The average molecular weight is 444 g/mol. The summed E-state index contributed by atoms with van der Waals surface area (Å²) in [6, 6.07) is 2.00. The highest BCUT2D eigenvalue weighted by atomic mass is 32.2. The molecule has 1 atom stereocenters. The van der Waals surface area contributed by atoms with Crippen molar-refractivity contribution in [2.75, 3.05) is 19.0 Å². The minimum Gasteiger partial charge on any atom is -0.380 e. The van der Waals surface area contributed by atoms with Crippen LogP contribution in [0.25, 0.3) is 0 Å². The Kier molecular flexibility index (Phi) is 4.29. The van der Waals surface area contributed by atoms with Crippen LogP contribution in [-0.4, -0.2) is 43.5 Å². The molecule has 1 heterocycles. The van der Waals surface area contributed by atoms with Crippen molar-refractivity contribution in [2.24, 2.45) is 5.41 Å². The van der Waals surface area contributed by atoms with E-state index in [1.54, 1.807) is 0 Å². The molecule has 1 aromatic rings. The van der Waals surface area contributed by atoms with Crippen molar-refractivity contribution in [2.45, 2.75) is 49.1 Å². The van der Waals surface area contributed by atoms with E-state index in [0.29, 0.717) is 25.3 Å². The molecule has 29 heavy (non-hydrogen) atoms. The van der Waals surface area contributed by atoms with Crippen LogP contribution in [0.4, 0.5) is 32.0 Å². The number of halogens is 6. The molecular formula is C17H18F6N2O3S. The summed E-state index contributed by atoms with van der Waals surface area (Å²) >= 11 is 0. The first-order valence-corrected chi connectivity index (χ1v) is 10.2. The molecule has 0 aromatic heterocycles. The maximum Gasteiger partial charge on any atom is 0.511 e. The highest BCUT2D eigenvalue weighted by molar-refractivity contribution is 7.89. The second-order valence-electron chi connectivity index (χ2n) is 8.09. The van der Waals surface area contributed by atoms with Gasteiger partial charge in [-0.2, -0.15) is 30.6 Å². The topological polar surface area (TPSA) is 58.6 Å². The number of nitrogens with one attached hydrogen (secondary N) is 1. The van der Waals surface area contributed by atoms with E-state index in [1.165, 1.54) is 7.11 Å². The Bertz CT molecular complexity index is 924. The van der Waals surface area contributed by atoms with Crippen LogP contribution in [0.5, 0.6) is 0 Å². The van der Waals surface area contributed by atoms with E-state index < -0.39 is 51.8 Å². The molecule has 1 N–H and O–H groups in total. The molecule has 1 unspecified atom stereocenters. The first-order valence-electron chi connectivity index (χ1n) is 8.80. The van der Waals surface area contributed by atoms with Crippen LogP contribution in [-0.2, 0) is 27.5 Å². The Morgan fingerprint density at radius 1 is 1.14 bits per heavy atom. The fourth-order valence-electron chi connectivity index (χ4n) is 4.77. The lowest BCUT2D eigenvalue weighted by atomic mass is 9.38. The monoisotopic (exact) mass is 444 g/mol. The fourth-order valence-corrected chi connectivity index (χ4v) is 5.71. The molecule has 162 valence electrons. The predicted molar refractivity (Wildman–Crippen MR) is 90.3 cm³/mol. The highest BCUT2D eigenvalue weighted by Crippen LogP contribution is 2.71. The van der Waals surface area contributed by atoms with E-state index in [4.69, 9.17) is 4.74 Å². The summed E-state index contributed by atoms with van der Waals surface area (Å²) in [4.78, 5) is 0. The van der Waals surface area contributed by atoms with E-state index in [1.807, 2.05) is 0 Å². The molecule has 1 aromatic carbocycles. The Morgan fingerprint density at radius 2 is 1.76 bits per heavy atom. The van der Waals surface area contributed by atoms with E-state index in [2.05, 4.69) is 5.32 Å². The van der Waals surface area contributed by atoms with Gasteiger partial charge in [0.15, 0.2) is 0 Å². The standard InChI is InChI=1S/C17H18F6N2O3S/c1-28-15-7-14(8-15,9-15)13-6-25(29(26,27)17(21,22)23)5-10-4-11(16(18,19)20)2-3-12(10)24-13/h2-4,13,24H,5-9H2,1H3. The van der Waals surface area contributed by atoms with Gasteiger partial charge in [0.25, 0.3) is 0 Å². The van der Waals surface area contributed by atoms with Crippen molar-refractivity contribution in [3.05, 3.63) is 29.3 Å². The number of ether oxygens (including phenoxy) is 1. The number of benzene rings is 1. The quantitative estimate of drug-likeness (QED) is 0.723. The zero-order valence-electron chi connectivity index (χ0n) is 15.2. The van der Waals surface area contributed by atoms with Gasteiger partial charge in [0.2, 0.25) is 0 Å². The molecular weight excluding hydrogens is 426 g/mol. The maximum absolute atomic E-state index is 13.2. The Hall–Kier alpha value is -1.53. The van der Waals surface area contributed by atoms with Gasteiger partial charge < -0.3 is 10.1 Å². The molecule has 1 aliphatic heterocycles. The molecule has 0 radical (unpaired) electrons. The van der Waals surface area contributed by atoms with Crippen LogP contribution in [0.3, 0.4) is 0 Å². The zero-order chi connectivity index (χ0) is 21.5. The first kappa shape index (κ1) is 20.7. The average Bonchev–Trinajstić information content (AvgIpc) is 2.70. The van der Waals surface area contributed by atoms with Gasteiger partial charge in [-0.15, -0.1) is 0 Å². The largest absolute Gasteiger partial charge is 0.511 e. The third-order valence-corrected chi connectivity index (χ3v) is 7.87. The number of hydrogen-bond donors (Lipinski definition) is 1. The first-order chi connectivity index (χ1) is 13.2. The van der Waals surface area contributed by atoms with E-state index in [0.717, 1.165) is 12.1 Å². The normalized spacial score (nSPS) is 32.4. The van der Waals surface area contributed by atoms with Crippen LogP contribution < -0.4 is 5.32 Å². The SMILES string of the molecule is COC12CC(C3CN(S(=O)(=O)C(F)(F)F)Cc4cc(C(F)(F)F)ccc4N3)(C1)C2. The smallest absolute Gasteiger partial charge is 0.380 e. The van der Waals surface area contributed by atoms with Gasteiger partial charge >= 0.3 is 21.7 Å². The molecule has 0 spiro atoms. The second-order valence-corrected chi connectivity index (χ2v) is 10.0. The van der Waals surface area contributed by atoms with Gasteiger partial charge in [0.1, 0.15) is 0 Å². The number of nitrogens with zero attached hydrogens (tertiary/aromatic N) is 1. The number of fused-ring (bicyclic) bond motifs is 1. The molecule has 5 nitrogen and oxygen atoms in total. The van der Waals surface area contributed by atoms with Gasteiger partial charge in [-0.25, -0.2) is 8.42 Å². The lowest BCUT2D eigenvalue weighted by molar-refractivity contribution is -0.280. The number of sulfonamides is 1. The van der Waals surface area contributed by atoms with Gasteiger partial charge in [-0.1, -0.05) is 0 Å². The van der Waals surface area contributed by atoms with Crippen LogP contribution in [0.1, 0.15) is 30.4 Å². The van der Waals surface area contributed by atoms with Gasteiger partial charge in [-0.3, -0.25) is 0 Å². The van der Waals surface area contributed by atoms with Gasteiger partial charge in [-0.05, 0) is 48.4 Å². The molecule has 4 aliphatic rings. The van der Waals surface area contributed by atoms with E-state index >= 15 is 0 Å². The predicted octanol–water partition coefficient (Wildman–Crippen LogP) is 3.72. The van der Waals surface area contributed by atoms with Crippen LogP contribution in [0, 0.1) is 5.41 Å². The Morgan fingerprint density at radius 3 is 2.28 bits per heavy atom. The Balaban J connectivity index is 1.73. The lowest BCUT2D eigenvalue weighted by Crippen LogP contribution is -2.74. The number of anilines is 1. The van der Waals surface area contributed by atoms with Crippen LogP contribution in [0.2, 0.25) is 0 Å². The molecule has 12 heteroatoms. The molecule has 0 saturated heterocycles. The van der Waals surface area contributed by atoms with Crippen molar-refractivity contribution < 1.29 is 39.5 Å². The molecule has 5 rings (SSSR count). The summed E-state index contributed by atoms with van der Waals surface area (Å²) in [5.74, 6) is 0. The summed E-state index contributed by atoms with van der Waals surface area (Å²) < 4.78 is 109. The molecule has 3 aliphatic carbocycles. The van der Waals surface area contributed by atoms with E-state index in [9.17, 15) is 34.8 Å². The summed E-state index contributed by atoms with van der Waals surface area (Å²) in [7, 11) is -4.17. The van der Waals surface area contributed by atoms with Gasteiger partial charge in [0.05, 0.1) is 11.2 Å².